The smallest absolute Gasteiger partial charge is 0.181 e. The number of rotatable bonds is 2. The number of benzene rings is 1. The van der Waals surface area contributed by atoms with Crippen LogP contribution in [0.25, 0.3) is 0 Å². The monoisotopic (exact) mass is 195 g/mol. The van der Waals surface area contributed by atoms with Crippen LogP contribution in [0, 0.1) is 18.3 Å². The number of hydrogen-bond donors (Lipinski definition) is 0. The second-order valence-electron chi connectivity index (χ2n) is 2.82. The predicted molar refractivity (Wildman–Crippen MR) is 51.9 cm³/mol. The number of nitrogens with zero attached hydrogens (tertiary/aromatic N) is 1. The summed E-state index contributed by atoms with van der Waals surface area (Å²) in [5.41, 5.74) is 1.06. The highest BCUT2D eigenvalue weighted by Gasteiger charge is 2.05. The summed E-state index contributed by atoms with van der Waals surface area (Å²) < 4.78 is 5.28. The molecular weight excluding hydrogens is 186 g/mol. The summed E-state index contributed by atoms with van der Waals surface area (Å²) >= 11 is 5.86. The van der Waals surface area contributed by atoms with Crippen molar-refractivity contribution in [2.24, 2.45) is 0 Å². The van der Waals surface area contributed by atoms with Gasteiger partial charge >= 0.3 is 0 Å². The Morgan fingerprint density at radius 2 is 2.23 bits per heavy atom. The lowest BCUT2D eigenvalue weighted by Gasteiger charge is -2.09. The summed E-state index contributed by atoms with van der Waals surface area (Å²) in [6, 6.07) is 7.45. The van der Waals surface area contributed by atoms with E-state index in [0.717, 1.165) is 5.56 Å². The summed E-state index contributed by atoms with van der Waals surface area (Å²) in [6.07, 6.45) is -0.473. The quantitative estimate of drug-likeness (QED) is 0.727. The maximum absolute atomic E-state index is 8.54. The van der Waals surface area contributed by atoms with Crippen molar-refractivity contribution in [1.29, 1.82) is 5.26 Å². The molecule has 0 spiro atoms. The fourth-order valence-electron chi connectivity index (χ4n) is 0.918. The van der Waals surface area contributed by atoms with Crippen LogP contribution in [-0.4, -0.2) is 6.10 Å². The van der Waals surface area contributed by atoms with Gasteiger partial charge in [0.15, 0.2) is 6.10 Å². The molecule has 0 saturated heterocycles. The minimum atomic E-state index is -0.473. The second kappa shape index (κ2) is 4.15. The molecule has 0 aliphatic heterocycles. The van der Waals surface area contributed by atoms with Gasteiger partial charge in [-0.1, -0.05) is 17.7 Å². The van der Waals surface area contributed by atoms with E-state index >= 15 is 0 Å². The van der Waals surface area contributed by atoms with E-state index in [9.17, 15) is 0 Å². The van der Waals surface area contributed by atoms with E-state index < -0.39 is 6.10 Å². The number of nitriles is 1. The normalized spacial score (nSPS) is 11.8. The predicted octanol–water partition coefficient (Wildman–Crippen LogP) is 2.94. The van der Waals surface area contributed by atoms with E-state index in [4.69, 9.17) is 21.6 Å². The van der Waals surface area contributed by atoms with E-state index in [1.807, 2.05) is 25.1 Å². The molecular formula is C10H10ClNO. The lowest BCUT2D eigenvalue weighted by atomic mass is 10.2. The second-order valence-corrected chi connectivity index (χ2v) is 3.23. The maximum Gasteiger partial charge on any atom is 0.181 e. The van der Waals surface area contributed by atoms with E-state index in [0.29, 0.717) is 10.8 Å². The SMILES string of the molecule is Cc1ccc(Cl)c(OC(C)C#N)c1. The third-order valence-corrected chi connectivity index (χ3v) is 1.88. The molecule has 1 rings (SSSR count). The van der Waals surface area contributed by atoms with Gasteiger partial charge in [0.25, 0.3) is 0 Å². The highest BCUT2D eigenvalue weighted by molar-refractivity contribution is 6.32. The van der Waals surface area contributed by atoms with Crippen molar-refractivity contribution in [3.63, 3.8) is 0 Å². The van der Waals surface area contributed by atoms with Crippen molar-refractivity contribution >= 4 is 11.6 Å². The first-order valence-corrected chi connectivity index (χ1v) is 4.33. The Kier molecular flexibility index (Phi) is 3.16. The highest BCUT2D eigenvalue weighted by atomic mass is 35.5. The van der Waals surface area contributed by atoms with Crippen molar-refractivity contribution in [3.05, 3.63) is 28.8 Å². The molecule has 2 nitrogen and oxygen atoms in total. The van der Waals surface area contributed by atoms with Crippen molar-refractivity contribution in [3.8, 4) is 11.8 Å². The number of aryl methyl sites for hydroxylation is 1. The molecule has 0 heterocycles. The van der Waals surface area contributed by atoms with Crippen LogP contribution in [0.5, 0.6) is 5.75 Å². The average Bonchev–Trinajstić information content (AvgIpc) is 2.11. The molecule has 13 heavy (non-hydrogen) atoms. The van der Waals surface area contributed by atoms with E-state index in [1.165, 1.54) is 0 Å². The van der Waals surface area contributed by atoms with Gasteiger partial charge in [0, 0.05) is 0 Å². The number of hydrogen-bond acceptors (Lipinski definition) is 2. The summed E-state index contributed by atoms with van der Waals surface area (Å²) in [5, 5.41) is 9.07. The van der Waals surface area contributed by atoms with Crippen molar-refractivity contribution < 1.29 is 4.74 Å². The third-order valence-electron chi connectivity index (χ3n) is 1.57. The standard InChI is InChI=1S/C10H10ClNO/c1-7-3-4-9(11)10(5-7)13-8(2)6-12/h3-5,8H,1-2H3. The zero-order valence-electron chi connectivity index (χ0n) is 7.54. The summed E-state index contributed by atoms with van der Waals surface area (Å²) in [7, 11) is 0. The molecule has 1 unspecified atom stereocenters. The Hall–Kier alpha value is -1.20. The topological polar surface area (TPSA) is 33.0 Å². The van der Waals surface area contributed by atoms with E-state index in [2.05, 4.69) is 0 Å². The minimum Gasteiger partial charge on any atom is -0.474 e. The van der Waals surface area contributed by atoms with Gasteiger partial charge in [-0.2, -0.15) is 5.26 Å². The molecule has 0 amide bonds. The summed E-state index contributed by atoms with van der Waals surface area (Å²) in [6.45, 7) is 3.62. The lowest BCUT2D eigenvalue weighted by Crippen LogP contribution is -2.08. The lowest BCUT2D eigenvalue weighted by molar-refractivity contribution is 0.276. The summed E-state index contributed by atoms with van der Waals surface area (Å²) in [4.78, 5) is 0. The molecule has 1 atom stereocenters. The Morgan fingerprint density at radius 1 is 1.54 bits per heavy atom. The number of ether oxygens (including phenoxy) is 1. The van der Waals surface area contributed by atoms with Crippen LogP contribution >= 0.6 is 11.6 Å². The Bertz CT molecular complexity index is 343. The first-order valence-electron chi connectivity index (χ1n) is 3.96. The van der Waals surface area contributed by atoms with Gasteiger partial charge in [-0.3, -0.25) is 0 Å². The van der Waals surface area contributed by atoms with E-state index in [-0.39, 0.29) is 0 Å². The van der Waals surface area contributed by atoms with Crippen LogP contribution in [0.4, 0.5) is 0 Å². The highest BCUT2D eigenvalue weighted by Crippen LogP contribution is 2.25. The van der Waals surface area contributed by atoms with E-state index in [1.54, 1.807) is 13.0 Å². The van der Waals surface area contributed by atoms with Gasteiger partial charge in [0.2, 0.25) is 0 Å². The van der Waals surface area contributed by atoms with Crippen LogP contribution in [0.1, 0.15) is 12.5 Å². The van der Waals surface area contributed by atoms with Gasteiger partial charge < -0.3 is 4.74 Å². The van der Waals surface area contributed by atoms with Crippen LogP contribution in [0.3, 0.4) is 0 Å². The van der Waals surface area contributed by atoms with Crippen LogP contribution in [-0.2, 0) is 0 Å². The zero-order chi connectivity index (χ0) is 9.84. The summed E-state index contributed by atoms with van der Waals surface area (Å²) in [5.74, 6) is 0.565. The van der Waals surface area contributed by atoms with Gasteiger partial charge in [0.1, 0.15) is 11.8 Å². The third kappa shape index (κ3) is 2.64. The van der Waals surface area contributed by atoms with Crippen molar-refractivity contribution in [2.45, 2.75) is 20.0 Å². The molecule has 1 aromatic rings. The molecule has 0 fully saturated rings. The first-order chi connectivity index (χ1) is 6.13. The molecule has 68 valence electrons. The van der Waals surface area contributed by atoms with Gasteiger partial charge in [-0.05, 0) is 31.5 Å². The maximum atomic E-state index is 8.54. The largest absolute Gasteiger partial charge is 0.474 e. The molecule has 0 saturated carbocycles. The fourth-order valence-corrected chi connectivity index (χ4v) is 1.08. The Balaban J connectivity index is 2.88. The van der Waals surface area contributed by atoms with Crippen LogP contribution in [0.15, 0.2) is 18.2 Å². The van der Waals surface area contributed by atoms with Gasteiger partial charge in [0.05, 0.1) is 5.02 Å². The number of halogens is 1. The van der Waals surface area contributed by atoms with Gasteiger partial charge in [-0.25, -0.2) is 0 Å². The van der Waals surface area contributed by atoms with Crippen molar-refractivity contribution in [1.82, 2.24) is 0 Å². The van der Waals surface area contributed by atoms with Crippen LogP contribution < -0.4 is 4.74 Å². The minimum absolute atomic E-state index is 0.473. The molecule has 0 bridgehead atoms. The molecule has 0 aliphatic carbocycles. The Morgan fingerprint density at radius 3 is 2.85 bits per heavy atom. The fraction of sp³-hybridized carbons (Fsp3) is 0.300. The zero-order valence-corrected chi connectivity index (χ0v) is 8.30. The molecule has 0 aromatic heterocycles. The van der Waals surface area contributed by atoms with Gasteiger partial charge in [-0.15, -0.1) is 0 Å². The molecule has 3 heteroatoms. The molecule has 0 aliphatic rings. The molecule has 0 radical (unpaired) electrons. The first kappa shape index (κ1) is 9.88. The van der Waals surface area contributed by atoms with Crippen molar-refractivity contribution in [2.75, 3.05) is 0 Å². The molecule has 1 aromatic carbocycles. The Labute approximate surface area is 82.7 Å². The van der Waals surface area contributed by atoms with Crippen LogP contribution in [0.2, 0.25) is 5.02 Å². The molecule has 0 N–H and O–H groups in total. The average molecular weight is 196 g/mol.